The zero-order valence-electron chi connectivity index (χ0n) is 15.6. The van der Waals surface area contributed by atoms with Gasteiger partial charge in [-0.3, -0.25) is 0 Å². The number of rotatable bonds is 6. The molecule has 24 heavy (non-hydrogen) atoms. The summed E-state index contributed by atoms with van der Waals surface area (Å²) < 4.78 is 11.4. The maximum atomic E-state index is 5.72. The van der Waals surface area contributed by atoms with Crippen molar-refractivity contribution in [3.63, 3.8) is 0 Å². The molecule has 2 aromatic carbocycles. The molecule has 2 aromatic rings. The lowest BCUT2D eigenvalue weighted by atomic mass is 10.2. The summed E-state index contributed by atoms with van der Waals surface area (Å²) in [5.41, 5.74) is 2.34. The van der Waals surface area contributed by atoms with Gasteiger partial charge < -0.3 is 9.47 Å². The highest BCUT2D eigenvalue weighted by Crippen LogP contribution is 2.17. The molecule has 0 aliphatic rings. The van der Waals surface area contributed by atoms with Gasteiger partial charge in [-0.1, -0.05) is 71.5 Å². The summed E-state index contributed by atoms with van der Waals surface area (Å²) in [6, 6.07) is 16.1. The lowest BCUT2D eigenvalue weighted by molar-refractivity contribution is 0.246. The van der Waals surface area contributed by atoms with Crippen LogP contribution in [-0.2, 0) is 0 Å². The van der Waals surface area contributed by atoms with Crippen LogP contribution in [0.25, 0.3) is 0 Å². The molecular formula is C22H36O2. The summed E-state index contributed by atoms with van der Waals surface area (Å²) in [4.78, 5) is 0. The van der Waals surface area contributed by atoms with Crippen LogP contribution in [0, 0.1) is 13.8 Å². The van der Waals surface area contributed by atoms with E-state index in [4.69, 9.17) is 9.47 Å². The van der Waals surface area contributed by atoms with Crippen molar-refractivity contribution in [1.29, 1.82) is 0 Å². The Bertz CT molecular complexity index is 473. The van der Waals surface area contributed by atoms with Gasteiger partial charge in [-0.2, -0.15) is 0 Å². The molecule has 0 amide bonds. The van der Waals surface area contributed by atoms with Crippen molar-refractivity contribution >= 4 is 0 Å². The summed E-state index contributed by atoms with van der Waals surface area (Å²) in [6.45, 7) is 13.5. The highest BCUT2D eigenvalue weighted by atomic mass is 16.5. The van der Waals surface area contributed by atoms with Gasteiger partial charge in [0, 0.05) is 6.42 Å². The van der Waals surface area contributed by atoms with E-state index in [1.165, 1.54) is 11.1 Å². The monoisotopic (exact) mass is 332 g/mol. The van der Waals surface area contributed by atoms with Gasteiger partial charge in [0.15, 0.2) is 0 Å². The molecule has 0 fully saturated rings. The smallest absolute Gasteiger partial charge is 0.122 e. The molecule has 0 aliphatic heterocycles. The largest absolute Gasteiger partial charge is 0.493 e. The van der Waals surface area contributed by atoms with Crippen molar-refractivity contribution in [2.24, 2.45) is 0 Å². The Balaban J connectivity index is 0. The minimum absolute atomic E-state index is 0. The molecule has 0 radical (unpaired) electrons. The number of hydrogen-bond donors (Lipinski definition) is 0. The van der Waals surface area contributed by atoms with Gasteiger partial charge in [0.1, 0.15) is 11.5 Å². The third-order valence-electron chi connectivity index (χ3n) is 2.99. The zero-order chi connectivity index (χ0) is 17.5. The Kier molecular flexibility index (Phi) is 16.1. The van der Waals surface area contributed by atoms with Crippen molar-refractivity contribution in [3.8, 4) is 11.5 Å². The predicted octanol–water partition coefficient (Wildman–Crippen LogP) is 6.84. The fourth-order valence-electron chi connectivity index (χ4n) is 1.86. The van der Waals surface area contributed by atoms with Crippen molar-refractivity contribution in [2.45, 2.75) is 55.4 Å². The van der Waals surface area contributed by atoms with Gasteiger partial charge >= 0.3 is 0 Å². The Morgan fingerprint density at radius 1 is 0.625 bits per heavy atom. The highest BCUT2D eigenvalue weighted by molar-refractivity contribution is 5.32. The molecule has 0 spiro atoms. The van der Waals surface area contributed by atoms with Gasteiger partial charge in [-0.25, -0.2) is 0 Å². The van der Waals surface area contributed by atoms with Crippen LogP contribution in [0.5, 0.6) is 11.5 Å². The Labute approximate surface area is 149 Å². The molecule has 0 atom stereocenters. The number of hydrogen-bond acceptors (Lipinski definition) is 2. The summed E-state index contributed by atoms with van der Waals surface area (Å²) in [7, 11) is 0. The molecule has 0 N–H and O–H groups in total. The van der Waals surface area contributed by atoms with Gasteiger partial charge in [-0.15, -0.1) is 0 Å². The van der Waals surface area contributed by atoms with Gasteiger partial charge in [0.25, 0.3) is 0 Å². The lowest BCUT2D eigenvalue weighted by Crippen LogP contribution is -2.06. The molecular weight excluding hydrogens is 296 g/mol. The van der Waals surface area contributed by atoms with Gasteiger partial charge in [0.2, 0.25) is 0 Å². The predicted molar refractivity (Wildman–Crippen MR) is 107 cm³/mol. The first-order valence-electron chi connectivity index (χ1n) is 8.64. The van der Waals surface area contributed by atoms with Crippen molar-refractivity contribution in [3.05, 3.63) is 59.7 Å². The van der Waals surface area contributed by atoms with E-state index in [0.717, 1.165) is 17.9 Å². The Morgan fingerprint density at radius 2 is 0.958 bits per heavy atom. The van der Waals surface area contributed by atoms with Gasteiger partial charge in [0.05, 0.1) is 13.2 Å². The summed E-state index contributed by atoms with van der Waals surface area (Å²) in [6.07, 6.45) is 0.878. The minimum atomic E-state index is 0. The van der Waals surface area contributed by atoms with Crippen LogP contribution in [0.15, 0.2) is 48.5 Å². The maximum absolute atomic E-state index is 5.72. The summed E-state index contributed by atoms with van der Waals surface area (Å²) >= 11 is 0. The molecule has 2 heteroatoms. The average molecular weight is 333 g/mol. The fraction of sp³-hybridized carbons (Fsp3) is 0.455. The van der Waals surface area contributed by atoms with Crippen LogP contribution in [0.2, 0.25) is 0 Å². The third-order valence-corrected chi connectivity index (χ3v) is 2.99. The van der Waals surface area contributed by atoms with Crippen LogP contribution in [0.4, 0.5) is 0 Å². The lowest BCUT2D eigenvalue weighted by Gasteiger charge is -2.10. The van der Waals surface area contributed by atoms with Crippen LogP contribution in [0.1, 0.15) is 52.7 Å². The quantitative estimate of drug-likeness (QED) is 0.539. The SMILES string of the molecule is C.CC.CC.Cc1ccccc1OCCCOc1ccccc1C. The van der Waals surface area contributed by atoms with Crippen molar-refractivity contribution in [2.75, 3.05) is 13.2 Å². The molecule has 136 valence electrons. The first-order chi connectivity index (χ1) is 11.3. The molecule has 2 rings (SSSR count). The van der Waals surface area contributed by atoms with Crippen molar-refractivity contribution in [1.82, 2.24) is 0 Å². The topological polar surface area (TPSA) is 18.5 Å². The molecule has 0 bridgehead atoms. The van der Waals surface area contributed by atoms with E-state index in [1.54, 1.807) is 0 Å². The minimum Gasteiger partial charge on any atom is -0.493 e. The standard InChI is InChI=1S/C17H20O2.2C2H6.CH4/c1-14-8-3-5-10-16(14)18-12-7-13-19-17-11-6-4-9-15(17)2;2*1-2;/h3-6,8-11H,7,12-13H2,1-2H3;2*1-2H3;1H4. The Morgan fingerprint density at radius 3 is 1.29 bits per heavy atom. The van der Waals surface area contributed by atoms with E-state index in [2.05, 4.69) is 26.0 Å². The van der Waals surface area contributed by atoms with E-state index < -0.39 is 0 Å². The van der Waals surface area contributed by atoms with Crippen LogP contribution in [0.3, 0.4) is 0 Å². The zero-order valence-corrected chi connectivity index (χ0v) is 15.6. The van der Waals surface area contributed by atoms with E-state index in [0.29, 0.717) is 13.2 Å². The van der Waals surface area contributed by atoms with E-state index in [9.17, 15) is 0 Å². The molecule has 0 unspecified atom stereocenters. The molecule has 0 saturated heterocycles. The Hall–Kier alpha value is -1.96. The first kappa shape index (κ1) is 24.3. The number of para-hydroxylation sites is 2. The highest BCUT2D eigenvalue weighted by Gasteiger charge is 1.99. The van der Waals surface area contributed by atoms with E-state index in [-0.39, 0.29) is 7.43 Å². The average Bonchev–Trinajstić information content (AvgIpc) is 2.61. The number of ether oxygens (including phenoxy) is 2. The fourth-order valence-corrected chi connectivity index (χ4v) is 1.86. The van der Waals surface area contributed by atoms with Crippen LogP contribution >= 0.6 is 0 Å². The van der Waals surface area contributed by atoms with Crippen molar-refractivity contribution < 1.29 is 9.47 Å². The third kappa shape index (κ3) is 9.24. The first-order valence-corrected chi connectivity index (χ1v) is 8.64. The molecule has 0 aliphatic carbocycles. The van der Waals surface area contributed by atoms with Crippen LogP contribution < -0.4 is 9.47 Å². The summed E-state index contributed by atoms with van der Waals surface area (Å²) in [5, 5.41) is 0. The normalized spacial score (nSPS) is 8.58. The second-order valence-electron chi connectivity index (χ2n) is 4.58. The number of benzene rings is 2. The molecule has 2 nitrogen and oxygen atoms in total. The summed E-state index contributed by atoms with van der Waals surface area (Å²) in [5.74, 6) is 1.91. The molecule has 0 aromatic heterocycles. The van der Waals surface area contributed by atoms with Gasteiger partial charge in [-0.05, 0) is 37.1 Å². The second kappa shape index (κ2) is 15.9. The molecule has 0 saturated carbocycles. The van der Waals surface area contributed by atoms with E-state index in [1.807, 2.05) is 64.1 Å². The van der Waals surface area contributed by atoms with E-state index >= 15 is 0 Å². The van der Waals surface area contributed by atoms with Crippen LogP contribution in [-0.4, -0.2) is 13.2 Å². The second-order valence-corrected chi connectivity index (χ2v) is 4.58. The molecule has 0 heterocycles. The maximum Gasteiger partial charge on any atom is 0.122 e. The number of aryl methyl sites for hydroxylation is 2.